The lowest BCUT2D eigenvalue weighted by Gasteiger charge is -2.32. The van der Waals surface area contributed by atoms with Crippen molar-refractivity contribution in [1.82, 2.24) is 5.32 Å². The van der Waals surface area contributed by atoms with E-state index in [1.165, 1.54) is 11.1 Å². The summed E-state index contributed by atoms with van der Waals surface area (Å²) in [6, 6.07) is 16.7. The average Bonchev–Trinajstić information content (AvgIpc) is 2.52. The Kier molecular flexibility index (Phi) is 4.47. The van der Waals surface area contributed by atoms with E-state index < -0.39 is 0 Å². The van der Waals surface area contributed by atoms with Crippen molar-refractivity contribution in [3.8, 4) is 5.75 Å². The number of benzene rings is 2. The number of hydrogen-bond acceptors (Lipinski definition) is 2. The summed E-state index contributed by atoms with van der Waals surface area (Å²) in [5, 5.41) is 4.37. The molecule has 0 aromatic heterocycles. The summed E-state index contributed by atoms with van der Waals surface area (Å²) in [5.74, 6) is 1.44. The van der Waals surface area contributed by atoms with Crippen LogP contribution in [0.5, 0.6) is 5.75 Å². The zero-order valence-electron chi connectivity index (χ0n) is 12.2. The molecule has 21 heavy (non-hydrogen) atoms. The fraction of sp³-hybridized carbons (Fsp3) is 0.333. The standard InChI is InChI=1S/C18H20ClNO/c1-2-20-18(14-7-5-8-16(19)11-14)15-10-13-6-3-4-9-17(13)21-12-15/h3-9,11,15,18,20H,2,10,12H2,1H3. The highest BCUT2D eigenvalue weighted by atomic mass is 35.5. The molecule has 0 amide bonds. The summed E-state index contributed by atoms with van der Waals surface area (Å²) in [7, 11) is 0. The minimum absolute atomic E-state index is 0.266. The first-order valence-electron chi connectivity index (χ1n) is 7.47. The van der Waals surface area contributed by atoms with Gasteiger partial charge < -0.3 is 10.1 Å². The highest BCUT2D eigenvalue weighted by Gasteiger charge is 2.28. The average molecular weight is 302 g/mol. The molecular weight excluding hydrogens is 282 g/mol. The Morgan fingerprint density at radius 3 is 2.90 bits per heavy atom. The normalized spacial score (nSPS) is 18.7. The molecule has 3 heteroatoms. The van der Waals surface area contributed by atoms with Gasteiger partial charge in [0.2, 0.25) is 0 Å². The lowest BCUT2D eigenvalue weighted by Crippen LogP contribution is -2.35. The monoisotopic (exact) mass is 301 g/mol. The van der Waals surface area contributed by atoms with Crippen LogP contribution in [-0.4, -0.2) is 13.2 Å². The zero-order valence-corrected chi connectivity index (χ0v) is 12.9. The Morgan fingerprint density at radius 2 is 2.10 bits per heavy atom. The topological polar surface area (TPSA) is 21.3 Å². The molecule has 110 valence electrons. The maximum atomic E-state index is 6.15. The molecule has 0 bridgehead atoms. The Morgan fingerprint density at radius 1 is 1.24 bits per heavy atom. The Bertz CT molecular complexity index is 614. The van der Waals surface area contributed by atoms with Gasteiger partial charge in [0, 0.05) is 17.0 Å². The first kappa shape index (κ1) is 14.4. The number of rotatable bonds is 4. The molecule has 2 aromatic rings. The van der Waals surface area contributed by atoms with Crippen LogP contribution in [0.1, 0.15) is 24.1 Å². The van der Waals surface area contributed by atoms with E-state index in [-0.39, 0.29) is 6.04 Å². The second kappa shape index (κ2) is 6.50. The van der Waals surface area contributed by atoms with Crippen molar-refractivity contribution in [3.05, 3.63) is 64.7 Å². The molecule has 2 nitrogen and oxygen atoms in total. The summed E-state index contributed by atoms with van der Waals surface area (Å²) >= 11 is 6.15. The molecular formula is C18H20ClNO. The Labute approximate surface area is 131 Å². The van der Waals surface area contributed by atoms with Crippen LogP contribution >= 0.6 is 11.6 Å². The largest absolute Gasteiger partial charge is 0.493 e. The molecule has 2 aromatic carbocycles. The molecule has 3 rings (SSSR count). The molecule has 2 unspecified atom stereocenters. The Balaban J connectivity index is 1.85. The van der Waals surface area contributed by atoms with E-state index in [1.54, 1.807) is 0 Å². The number of nitrogens with one attached hydrogen (secondary N) is 1. The van der Waals surface area contributed by atoms with E-state index in [2.05, 4.69) is 36.5 Å². The number of fused-ring (bicyclic) bond motifs is 1. The lowest BCUT2D eigenvalue weighted by atomic mass is 9.86. The minimum Gasteiger partial charge on any atom is -0.493 e. The van der Waals surface area contributed by atoms with Crippen molar-refractivity contribution in [2.24, 2.45) is 5.92 Å². The van der Waals surface area contributed by atoms with E-state index >= 15 is 0 Å². The summed E-state index contributed by atoms with van der Waals surface area (Å²) in [5.41, 5.74) is 2.52. The van der Waals surface area contributed by atoms with Crippen LogP contribution in [0.3, 0.4) is 0 Å². The number of ether oxygens (including phenoxy) is 1. The molecule has 1 heterocycles. The second-order valence-electron chi connectivity index (χ2n) is 5.47. The van der Waals surface area contributed by atoms with E-state index in [0.29, 0.717) is 5.92 Å². The van der Waals surface area contributed by atoms with Crippen LogP contribution in [0.15, 0.2) is 48.5 Å². The van der Waals surface area contributed by atoms with Gasteiger partial charge in [0.15, 0.2) is 0 Å². The van der Waals surface area contributed by atoms with Gasteiger partial charge in [0.25, 0.3) is 0 Å². The molecule has 0 aliphatic carbocycles. The van der Waals surface area contributed by atoms with Gasteiger partial charge in [-0.05, 0) is 42.3 Å². The molecule has 1 aliphatic rings. The summed E-state index contributed by atoms with van der Waals surface area (Å²) in [6.07, 6.45) is 1.03. The van der Waals surface area contributed by atoms with Crippen molar-refractivity contribution in [2.75, 3.05) is 13.2 Å². The van der Waals surface area contributed by atoms with Gasteiger partial charge in [-0.1, -0.05) is 48.9 Å². The maximum Gasteiger partial charge on any atom is 0.122 e. The maximum absolute atomic E-state index is 6.15. The number of hydrogen-bond donors (Lipinski definition) is 1. The van der Waals surface area contributed by atoms with Crippen LogP contribution < -0.4 is 10.1 Å². The smallest absolute Gasteiger partial charge is 0.122 e. The summed E-state index contributed by atoms with van der Waals surface area (Å²) < 4.78 is 5.94. The van der Waals surface area contributed by atoms with Gasteiger partial charge in [-0.25, -0.2) is 0 Å². The molecule has 0 saturated heterocycles. The molecule has 0 saturated carbocycles. The molecule has 1 aliphatic heterocycles. The van der Waals surface area contributed by atoms with Crippen LogP contribution in [0.4, 0.5) is 0 Å². The van der Waals surface area contributed by atoms with Gasteiger partial charge >= 0.3 is 0 Å². The van der Waals surface area contributed by atoms with Gasteiger partial charge in [-0.3, -0.25) is 0 Å². The molecule has 0 radical (unpaired) electrons. The SMILES string of the molecule is CCNC(c1cccc(Cl)c1)C1COc2ccccc2C1. The number of para-hydroxylation sites is 1. The van der Waals surface area contributed by atoms with Gasteiger partial charge in [-0.15, -0.1) is 0 Å². The fourth-order valence-corrected chi connectivity index (χ4v) is 3.24. The molecule has 0 fully saturated rings. The minimum atomic E-state index is 0.266. The van der Waals surface area contributed by atoms with Crippen LogP contribution in [0.2, 0.25) is 5.02 Å². The molecule has 1 N–H and O–H groups in total. The predicted octanol–water partition coefficient (Wildman–Crippen LogP) is 4.24. The van der Waals surface area contributed by atoms with E-state index in [1.807, 2.05) is 24.3 Å². The number of halogens is 1. The Hall–Kier alpha value is -1.51. The second-order valence-corrected chi connectivity index (χ2v) is 5.91. The van der Waals surface area contributed by atoms with E-state index in [4.69, 9.17) is 16.3 Å². The van der Waals surface area contributed by atoms with Crippen molar-refractivity contribution in [3.63, 3.8) is 0 Å². The lowest BCUT2D eigenvalue weighted by molar-refractivity contribution is 0.185. The third-order valence-corrected chi connectivity index (χ3v) is 4.25. The third-order valence-electron chi connectivity index (χ3n) is 4.01. The molecule has 0 spiro atoms. The van der Waals surface area contributed by atoms with E-state index in [0.717, 1.165) is 30.3 Å². The van der Waals surface area contributed by atoms with Gasteiger partial charge in [0.1, 0.15) is 5.75 Å². The summed E-state index contributed by atoms with van der Waals surface area (Å²) in [6.45, 7) is 3.80. The first-order valence-corrected chi connectivity index (χ1v) is 7.85. The van der Waals surface area contributed by atoms with Gasteiger partial charge in [-0.2, -0.15) is 0 Å². The van der Waals surface area contributed by atoms with E-state index in [9.17, 15) is 0 Å². The quantitative estimate of drug-likeness (QED) is 0.912. The van der Waals surface area contributed by atoms with Crippen LogP contribution in [0, 0.1) is 5.92 Å². The van der Waals surface area contributed by atoms with Crippen molar-refractivity contribution in [2.45, 2.75) is 19.4 Å². The zero-order chi connectivity index (χ0) is 14.7. The molecule has 2 atom stereocenters. The highest BCUT2D eigenvalue weighted by Crippen LogP contribution is 2.34. The van der Waals surface area contributed by atoms with Crippen molar-refractivity contribution >= 4 is 11.6 Å². The van der Waals surface area contributed by atoms with Crippen LogP contribution in [-0.2, 0) is 6.42 Å². The van der Waals surface area contributed by atoms with Crippen molar-refractivity contribution in [1.29, 1.82) is 0 Å². The third kappa shape index (κ3) is 3.22. The van der Waals surface area contributed by atoms with Crippen molar-refractivity contribution < 1.29 is 4.74 Å². The highest BCUT2D eigenvalue weighted by molar-refractivity contribution is 6.30. The summed E-state index contributed by atoms with van der Waals surface area (Å²) in [4.78, 5) is 0. The van der Waals surface area contributed by atoms with Gasteiger partial charge in [0.05, 0.1) is 6.61 Å². The first-order chi connectivity index (χ1) is 10.3. The fourth-order valence-electron chi connectivity index (χ4n) is 3.04. The van der Waals surface area contributed by atoms with Crippen LogP contribution in [0.25, 0.3) is 0 Å². The predicted molar refractivity (Wildman–Crippen MR) is 87.0 cm³/mol.